The molecule has 1 fully saturated rings. The van der Waals surface area contributed by atoms with Gasteiger partial charge in [0.05, 0.1) is 60.9 Å². The first-order valence-electron chi connectivity index (χ1n) is 22.7. The van der Waals surface area contributed by atoms with Crippen LogP contribution in [0.2, 0.25) is 0 Å². The van der Waals surface area contributed by atoms with Crippen LogP contribution in [0.4, 0.5) is 0 Å². The minimum absolute atomic E-state index is 0.0152. The van der Waals surface area contributed by atoms with Gasteiger partial charge in [0.2, 0.25) is 17.7 Å². The second kappa shape index (κ2) is 23.1. The predicted molar refractivity (Wildman–Crippen MR) is 267 cm³/mol. The van der Waals surface area contributed by atoms with Crippen molar-refractivity contribution in [1.82, 2.24) is 25.1 Å². The molecule has 3 atom stereocenters. The highest BCUT2D eigenvalue weighted by atomic mass is 79.9. The van der Waals surface area contributed by atoms with Gasteiger partial charge in [0, 0.05) is 41.4 Å². The number of phenolic OH excluding ortho intramolecular Hbond substituents is 1. The van der Waals surface area contributed by atoms with E-state index in [0.717, 1.165) is 65.2 Å². The smallest absolute Gasteiger partial charge is 0.246 e. The standard InChI is InChI=1S/C52H60BrN5O9S/c1-33-43-26-40(59)16-19-44(43)57(47(33)37-12-14-39(53)15-13-37)29-36-8-17-42(18-9-36)67-25-24-65-21-20-64-22-23-66-31-46(61)56-49(52(3,4)5)51(63)58-30-41(60)27-45(58)50(62)54-28-35-6-10-38(11-7-35)48-34(2)55-32-68-48/h6-19,26,32,41,45,49,59-60H,20-25,27-31H2,1-5H3,(H,54,62)(H,56,61)/t41-,45+,49?/m1/s1. The fourth-order valence-electron chi connectivity index (χ4n) is 8.33. The first-order valence-corrected chi connectivity index (χ1v) is 24.4. The molecule has 4 aromatic carbocycles. The predicted octanol–water partition coefficient (Wildman–Crippen LogP) is 7.80. The number of aromatic nitrogens is 2. The summed E-state index contributed by atoms with van der Waals surface area (Å²) < 4.78 is 26.1. The number of benzene rings is 4. The number of aliphatic hydroxyl groups excluding tert-OH is 1. The summed E-state index contributed by atoms with van der Waals surface area (Å²) in [4.78, 5) is 47.1. The highest BCUT2D eigenvalue weighted by Gasteiger charge is 2.44. The molecule has 1 saturated heterocycles. The van der Waals surface area contributed by atoms with E-state index in [1.54, 1.807) is 17.4 Å². The number of aryl methyl sites for hydroxylation is 2. The van der Waals surface area contributed by atoms with Crippen LogP contribution in [0.5, 0.6) is 11.5 Å². The molecule has 0 radical (unpaired) electrons. The molecule has 0 aliphatic carbocycles. The van der Waals surface area contributed by atoms with E-state index in [0.29, 0.717) is 33.0 Å². The normalized spacial score (nSPS) is 15.4. The number of carbonyl (C=O) groups excluding carboxylic acids is 3. The fourth-order valence-corrected chi connectivity index (χ4v) is 9.41. The van der Waals surface area contributed by atoms with Gasteiger partial charge in [-0.2, -0.15) is 0 Å². The zero-order chi connectivity index (χ0) is 48.4. The number of phenols is 1. The molecule has 68 heavy (non-hydrogen) atoms. The number of β-amino-alcohol motifs (C(OH)–C–C–N with tert-alkyl or cyclic N) is 1. The van der Waals surface area contributed by atoms with Gasteiger partial charge in [-0.1, -0.05) is 85.2 Å². The van der Waals surface area contributed by atoms with Gasteiger partial charge in [0.15, 0.2) is 0 Å². The number of ether oxygens (including phenoxy) is 4. The summed E-state index contributed by atoms with van der Waals surface area (Å²) in [6, 6.07) is 27.8. The fraction of sp³-hybridized carbons (Fsp3) is 0.385. The molecule has 1 aliphatic rings. The molecule has 0 spiro atoms. The van der Waals surface area contributed by atoms with Crippen LogP contribution in [0.25, 0.3) is 32.6 Å². The molecule has 0 bridgehead atoms. The molecule has 6 aromatic rings. The maximum atomic E-state index is 13.9. The van der Waals surface area contributed by atoms with Crippen molar-refractivity contribution in [3.05, 3.63) is 123 Å². The lowest BCUT2D eigenvalue weighted by Crippen LogP contribution is -2.58. The van der Waals surface area contributed by atoms with Gasteiger partial charge >= 0.3 is 0 Å². The van der Waals surface area contributed by atoms with Crippen molar-refractivity contribution >= 4 is 55.9 Å². The summed E-state index contributed by atoms with van der Waals surface area (Å²) in [6.45, 7) is 12.0. The largest absolute Gasteiger partial charge is 0.508 e. The van der Waals surface area contributed by atoms with E-state index in [4.69, 9.17) is 18.9 Å². The Morgan fingerprint density at radius 3 is 2.16 bits per heavy atom. The summed E-state index contributed by atoms with van der Waals surface area (Å²) in [7, 11) is 0. The number of hydrogen-bond acceptors (Lipinski definition) is 11. The van der Waals surface area contributed by atoms with E-state index < -0.39 is 35.4 Å². The van der Waals surface area contributed by atoms with Crippen LogP contribution in [0, 0.1) is 19.3 Å². The van der Waals surface area contributed by atoms with Crippen LogP contribution >= 0.6 is 27.3 Å². The molecule has 1 aliphatic heterocycles. The molecule has 360 valence electrons. The lowest BCUT2D eigenvalue weighted by molar-refractivity contribution is -0.144. The van der Waals surface area contributed by atoms with Gasteiger partial charge in [0.25, 0.3) is 0 Å². The summed E-state index contributed by atoms with van der Waals surface area (Å²) in [5.74, 6) is -0.320. The molecular formula is C52H60BrN5O9S. The van der Waals surface area contributed by atoms with E-state index in [9.17, 15) is 24.6 Å². The molecular weight excluding hydrogens is 951 g/mol. The number of likely N-dealkylation sites (tertiary alicyclic amines) is 1. The van der Waals surface area contributed by atoms with Crippen molar-refractivity contribution in [3.63, 3.8) is 0 Å². The van der Waals surface area contributed by atoms with Crippen molar-refractivity contribution in [1.29, 1.82) is 0 Å². The third-order valence-electron chi connectivity index (χ3n) is 11.9. The Morgan fingerprint density at radius 1 is 0.853 bits per heavy atom. The molecule has 0 saturated carbocycles. The van der Waals surface area contributed by atoms with Gasteiger partial charge in [-0.3, -0.25) is 14.4 Å². The first-order chi connectivity index (χ1) is 32.7. The van der Waals surface area contributed by atoms with Gasteiger partial charge in [-0.15, -0.1) is 11.3 Å². The van der Waals surface area contributed by atoms with E-state index in [1.807, 2.05) is 93.9 Å². The van der Waals surface area contributed by atoms with E-state index in [-0.39, 0.29) is 51.0 Å². The maximum Gasteiger partial charge on any atom is 0.246 e. The maximum absolute atomic E-state index is 13.9. The van der Waals surface area contributed by atoms with Crippen molar-refractivity contribution < 1.29 is 43.5 Å². The SMILES string of the molecule is Cc1ncsc1-c1ccc(CNC(=O)[C@@H]2C[C@@H](O)CN2C(=O)C(NC(=O)COCCOCCOCCOc2ccc(Cn3c(-c4ccc(Br)cc4)c(C)c4cc(O)ccc43)cc2)C(C)(C)C)cc1. The van der Waals surface area contributed by atoms with Crippen LogP contribution in [0.3, 0.4) is 0 Å². The molecule has 16 heteroatoms. The molecule has 3 heterocycles. The van der Waals surface area contributed by atoms with Gasteiger partial charge < -0.3 is 49.3 Å². The quantitative estimate of drug-likeness (QED) is 0.0522. The number of thiazole rings is 1. The average molecular weight is 1010 g/mol. The Bertz CT molecular complexity index is 2650. The monoisotopic (exact) mass is 1010 g/mol. The zero-order valence-electron chi connectivity index (χ0n) is 39.1. The van der Waals surface area contributed by atoms with Crippen molar-refractivity contribution in [2.45, 2.75) is 72.3 Å². The molecule has 4 N–H and O–H groups in total. The average Bonchev–Trinajstić information content (AvgIpc) is 4.01. The van der Waals surface area contributed by atoms with Crippen molar-refractivity contribution in [3.8, 4) is 33.2 Å². The van der Waals surface area contributed by atoms with Crippen LogP contribution in [0.1, 0.15) is 49.6 Å². The Hall–Kier alpha value is -5.62. The summed E-state index contributed by atoms with van der Waals surface area (Å²) >= 11 is 5.11. The highest BCUT2D eigenvalue weighted by Crippen LogP contribution is 2.36. The van der Waals surface area contributed by atoms with E-state index in [2.05, 4.69) is 67.3 Å². The third-order valence-corrected chi connectivity index (χ3v) is 13.4. The third kappa shape index (κ3) is 12.9. The van der Waals surface area contributed by atoms with Gasteiger partial charge in [0.1, 0.15) is 36.8 Å². The zero-order valence-corrected chi connectivity index (χ0v) is 41.5. The topological polar surface area (TPSA) is 174 Å². The van der Waals surface area contributed by atoms with Crippen LogP contribution in [0.15, 0.2) is 101 Å². The minimum atomic E-state index is -0.964. The second-order valence-corrected chi connectivity index (χ2v) is 19.8. The number of nitrogens with zero attached hydrogens (tertiary/aromatic N) is 3. The number of nitrogens with one attached hydrogen (secondary N) is 2. The number of hydrogen-bond donors (Lipinski definition) is 4. The van der Waals surface area contributed by atoms with Crippen LogP contribution < -0.4 is 15.4 Å². The lowest BCUT2D eigenvalue weighted by Gasteiger charge is -2.35. The number of halogens is 1. The molecule has 1 unspecified atom stereocenters. The highest BCUT2D eigenvalue weighted by molar-refractivity contribution is 9.10. The van der Waals surface area contributed by atoms with E-state index >= 15 is 0 Å². The summed E-state index contributed by atoms with van der Waals surface area (Å²) in [5.41, 5.74) is 9.48. The first kappa shape index (κ1) is 50.3. The molecule has 3 amide bonds. The van der Waals surface area contributed by atoms with Gasteiger partial charge in [-0.25, -0.2) is 4.98 Å². The van der Waals surface area contributed by atoms with Crippen LogP contribution in [-0.2, 0) is 41.7 Å². The number of fused-ring (bicyclic) bond motifs is 1. The molecule has 14 nitrogen and oxygen atoms in total. The van der Waals surface area contributed by atoms with Crippen molar-refractivity contribution in [2.24, 2.45) is 5.41 Å². The van der Waals surface area contributed by atoms with E-state index in [1.165, 1.54) is 4.90 Å². The van der Waals surface area contributed by atoms with Gasteiger partial charge in [-0.05, 0) is 89.5 Å². The Balaban J connectivity index is 0.778. The number of rotatable bonds is 21. The Labute approximate surface area is 409 Å². The molecule has 7 rings (SSSR count). The lowest BCUT2D eigenvalue weighted by atomic mass is 9.85. The number of aliphatic hydroxyl groups is 1. The Kier molecular flexibility index (Phi) is 17.1. The minimum Gasteiger partial charge on any atom is -0.508 e. The number of amides is 3. The number of carbonyl (C=O) groups is 3. The van der Waals surface area contributed by atoms with Crippen LogP contribution in [-0.4, -0.2) is 113 Å². The van der Waals surface area contributed by atoms with Crippen molar-refractivity contribution in [2.75, 3.05) is 52.8 Å². The number of aromatic hydroxyl groups is 1. The summed E-state index contributed by atoms with van der Waals surface area (Å²) in [5, 5.41) is 27.5. The second-order valence-electron chi connectivity index (χ2n) is 18.0. The molecule has 2 aromatic heterocycles. The Morgan fingerprint density at radius 2 is 1.50 bits per heavy atom. The summed E-state index contributed by atoms with van der Waals surface area (Å²) in [6.07, 6.45) is -0.772.